The Morgan fingerprint density at radius 2 is 0.434 bits per heavy atom. The Kier molecular flexibility index (Phi) is 75.6. The molecule has 17 nitrogen and oxygen atoms in total. The van der Waals surface area contributed by atoms with E-state index in [1.54, 1.807) is 0 Å². The van der Waals surface area contributed by atoms with Crippen molar-refractivity contribution >= 4 is 39.5 Å². The second-order valence-corrected chi connectivity index (χ2v) is 35.6. The Morgan fingerprint density at radius 1 is 0.255 bits per heavy atom. The molecule has 0 rings (SSSR count). The molecule has 0 aliphatic carbocycles. The van der Waals surface area contributed by atoms with Crippen molar-refractivity contribution in [2.45, 2.75) is 478 Å². The van der Waals surface area contributed by atoms with Crippen molar-refractivity contribution in [3.8, 4) is 0 Å². The molecule has 3 N–H and O–H groups in total. The number of carbonyl (C=O) groups is 4. The van der Waals surface area contributed by atoms with E-state index in [1.807, 2.05) is 0 Å². The van der Waals surface area contributed by atoms with E-state index in [1.165, 1.54) is 270 Å². The average Bonchev–Trinajstić information content (AvgIpc) is 0.908. The molecule has 106 heavy (non-hydrogen) atoms. The first kappa shape index (κ1) is 104. The van der Waals surface area contributed by atoms with Crippen molar-refractivity contribution in [1.29, 1.82) is 0 Å². The number of ether oxygens (including phenoxy) is 4. The molecule has 0 saturated heterocycles. The molecule has 0 aliphatic heterocycles. The first-order valence-corrected chi connectivity index (χ1v) is 47.8. The Labute approximate surface area is 651 Å². The lowest BCUT2D eigenvalue weighted by Gasteiger charge is -2.21. The maximum Gasteiger partial charge on any atom is 0.472 e. The van der Waals surface area contributed by atoms with Crippen LogP contribution in [0.15, 0.2) is 0 Å². The molecular formula is C87H170O17P2. The minimum atomic E-state index is -4.97. The first-order chi connectivity index (χ1) is 51.2. The number of hydrogen-bond acceptors (Lipinski definition) is 15. The van der Waals surface area contributed by atoms with Crippen molar-refractivity contribution in [1.82, 2.24) is 0 Å². The molecule has 0 bridgehead atoms. The minimum absolute atomic E-state index is 0.107. The van der Waals surface area contributed by atoms with E-state index in [4.69, 9.17) is 37.0 Å². The van der Waals surface area contributed by atoms with Crippen molar-refractivity contribution in [2.75, 3.05) is 39.6 Å². The van der Waals surface area contributed by atoms with Crippen LogP contribution in [0.3, 0.4) is 0 Å². The highest BCUT2D eigenvalue weighted by Crippen LogP contribution is 2.45. The van der Waals surface area contributed by atoms with Gasteiger partial charge in [-0.3, -0.25) is 37.3 Å². The fourth-order valence-electron chi connectivity index (χ4n) is 13.5. The van der Waals surface area contributed by atoms with E-state index in [-0.39, 0.29) is 25.7 Å². The summed E-state index contributed by atoms with van der Waals surface area (Å²) >= 11 is 0. The molecule has 0 aliphatic rings. The van der Waals surface area contributed by atoms with Gasteiger partial charge in [0.2, 0.25) is 0 Å². The van der Waals surface area contributed by atoms with Gasteiger partial charge in [0.15, 0.2) is 12.2 Å². The number of phosphoric acid groups is 2. The Balaban J connectivity index is 5.26. The zero-order chi connectivity index (χ0) is 77.9. The molecule has 0 amide bonds. The van der Waals surface area contributed by atoms with Crippen LogP contribution in [0, 0.1) is 17.8 Å². The molecular weight excluding hydrogens is 1380 g/mol. The summed E-state index contributed by atoms with van der Waals surface area (Å²) in [5, 5.41) is 10.7. The van der Waals surface area contributed by atoms with E-state index < -0.39 is 97.5 Å². The number of rotatable bonds is 85. The van der Waals surface area contributed by atoms with Gasteiger partial charge in [0.05, 0.1) is 26.4 Å². The Hall–Kier alpha value is -1.94. The second kappa shape index (κ2) is 77.0. The predicted molar refractivity (Wildman–Crippen MR) is 437 cm³/mol. The molecule has 630 valence electrons. The SMILES string of the molecule is CCCCCCCCCCCCCCCC(=O)OC[C@H](COP(=O)(O)OC[C@H](O)COP(=O)(O)OC[C@@H](COC(=O)CCCCCCCCCCCCCCCCCCC(C)C)OC(=O)CCCCCCCCCCCCCCCCCCC(C)C)OC(=O)CCCCCCCCCCCCCCC(C)C. The monoisotopic (exact) mass is 1550 g/mol. The molecule has 0 radical (unpaired) electrons. The van der Waals surface area contributed by atoms with Gasteiger partial charge < -0.3 is 33.8 Å². The zero-order valence-corrected chi connectivity index (χ0v) is 71.7. The summed E-state index contributed by atoms with van der Waals surface area (Å²) < 4.78 is 69.0. The fraction of sp³-hybridized carbons (Fsp3) is 0.954. The van der Waals surface area contributed by atoms with Crippen LogP contribution < -0.4 is 0 Å². The van der Waals surface area contributed by atoms with Gasteiger partial charge in [-0.15, -0.1) is 0 Å². The summed E-state index contributed by atoms with van der Waals surface area (Å²) in [7, 11) is -9.93. The number of esters is 4. The third-order valence-electron chi connectivity index (χ3n) is 20.4. The van der Waals surface area contributed by atoms with Crippen LogP contribution in [0.2, 0.25) is 0 Å². The number of unbranched alkanes of at least 4 members (excludes halogenated alkanes) is 53. The van der Waals surface area contributed by atoms with Gasteiger partial charge >= 0.3 is 39.5 Å². The van der Waals surface area contributed by atoms with Crippen LogP contribution in [0.5, 0.6) is 0 Å². The molecule has 2 unspecified atom stereocenters. The number of aliphatic hydroxyl groups is 1. The van der Waals surface area contributed by atoms with Crippen LogP contribution >= 0.6 is 15.6 Å². The van der Waals surface area contributed by atoms with Crippen molar-refractivity contribution in [2.24, 2.45) is 17.8 Å². The van der Waals surface area contributed by atoms with E-state index in [0.29, 0.717) is 25.7 Å². The fourth-order valence-corrected chi connectivity index (χ4v) is 15.1. The lowest BCUT2D eigenvalue weighted by atomic mass is 10.0. The lowest BCUT2D eigenvalue weighted by Crippen LogP contribution is -2.30. The summed E-state index contributed by atoms with van der Waals surface area (Å²) in [4.78, 5) is 73.3. The third kappa shape index (κ3) is 80.1. The number of phosphoric ester groups is 2. The molecule has 0 aromatic rings. The molecule has 0 spiro atoms. The predicted octanol–water partition coefficient (Wildman–Crippen LogP) is 26.5. The van der Waals surface area contributed by atoms with Gasteiger partial charge in [-0.05, 0) is 43.4 Å². The number of carbonyl (C=O) groups excluding carboxylic acids is 4. The zero-order valence-electron chi connectivity index (χ0n) is 69.9. The molecule has 19 heteroatoms. The lowest BCUT2D eigenvalue weighted by molar-refractivity contribution is -0.161. The molecule has 0 fully saturated rings. The molecule has 0 saturated carbocycles. The van der Waals surface area contributed by atoms with Crippen LogP contribution in [0.1, 0.15) is 459 Å². The first-order valence-electron chi connectivity index (χ1n) is 44.8. The average molecular weight is 1550 g/mol. The molecule has 0 aromatic heterocycles. The van der Waals surface area contributed by atoms with Crippen molar-refractivity contribution < 1.29 is 80.2 Å². The van der Waals surface area contributed by atoms with E-state index in [9.17, 15) is 43.2 Å². The Morgan fingerprint density at radius 3 is 0.642 bits per heavy atom. The smallest absolute Gasteiger partial charge is 0.462 e. The summed E-state index contributed by atoms with van der Waals surface area (Å²) in [5.74, 6) is 0.298. The summed E-state index contributed by atoms with van der Waals surface area (Å²) in [5.41, 5.74) is 0. The standard InChI is InChI=1S/C87H170O17P2/c1-8-9-10-11-12-13-14-23-33-40-47-54-61-68-84(89)97-74-83(104-87(92)71-64-57-50-43-36-29-28-32-39-46-53-60-67-80(6)7)77-102-106(95,96)100-73-81(88)72-99-105(93,94)101-76-82(103-86(91)70-63-56-49-42-35-27-22-18-16-20-25-31-38-45-52-59-66-79(4)5)75-98-85(90)69-62-55-48-41-34-26-21-17-15-19-24-30-37-44-51-58-65-78(2)3/h78-83,88H,8-77H2,1-7H3,(H,93,94)(H,95,96)/t81-,82-,83-/m1/s1. The van der Waals surface area contributed by atoms with E-state index >= 15 is 0 Å². The van der Waals surface area contributed by atoms with Crippen LogP contribution in [-0.2, 0) is 65.4 Å². The third-order valence-corrected chi connectivity index (χ3v) is 22.3. The largest absolute Gasteiger partial charge is 0.472 e. The second-order valence-electron chi connectivity index (χ2n) is 32.7. The molecule has 0 aromatic carbocycles. The van der Waals surface area contributed by atoms with Gasteiger partial charge in [0.1, 0.15) is 19.3 Å². The van der Waals surface area contributed by atoms with Gasteiger partial charge in [0, 0.05) is 25.7 Å². The van der Waals surface area contributed by atoms with Gasteiger partial charge in [0.25, 0.3) is 0 Å². The van der Waals surface area contributed by atoms with E-state index in [2.05, 4.69) is 48.5 Å². The maximum absolute atomic E-state index is 13.2. The van der Waals surface area contributed by atoms with Crippen LogP contribution in [-0.4, -0.2) is 96.7 Å². The van der Waals surface area contributed by atoms with Crippen LogP contribution in [0.25, 0.3) is 0 Å². The normalized spacial score (nSPS) is 13.9. The van der Waals surface area contributed by atoms with Crippen LogP contribution in [0.4, 0.5) is 0 Å². The highest BCUT2D eigenvalue weighted by Gasteiger charge is 2.30. The highest BCUT2D eigenvalue weighted by molar-refractivity contribution is 7.47. The summed E-state index contributed by atoms with van der Waals surface area (Å²) in [6.45, 7) is 12.1. The molecule has 5 atom stereocenters. The van der Waals surface area contributed by atoms with Crippen molar-refractivity contribution in [3.05, 3.63) is 0 Å². The Bertz CT molecular complexity index is 2040. The summed E-state index contributed by atoms with van der Waals surface area (Å²) in [6, 6.07) is 0. The maximum atomic E-state index is 13.2. The highest BCUT2D eigenvalue weighted by atomic mass is 31.2. The minimum Gasteiger partial charge on any atom is -0.462 e. The topological polar surface area (TPSA) is 237 Å². The number of hydrogen-bond donors (Lipinski definition) is 3. The quantitative estimate of drug-likeness (QED) is 0.0222. The van der Waals surface area contributed by atoms with Crippen molar-refractivity contribution in [3.63, 3.8) is 0 Å². The summed E-state index contributed by atoms with van der Waals surface area (Å²) in [6.07, 6.45) is 67.9. The van der Waals surface area contributed by atoms with Gasteiger partial charge in [-0.2, -0.15) is 0 Å². The van der Waals surface area contributed by atoms with E-state index in [0.717, 1.165) is 108 Å². The molecule has 0 heterocycles. The van der Waals surface area contributed by atoms with Gasteiger partial charge in [-0.1, -0.05) is 408 Å². The van der Waals surface area contributed by atoms with Gasteiger partial charge in [-0.25, -0.2) is 9.13 Å². The number of aliphatic hydroxyl groups excluding tert-OH is 1.